The first-order valence-electron chi connectivity index (χ1n) is 5.47. The van der Waals surface area contributed by atoms with Crippen LogP contribution in [0.25, 0.3) is 0 Å². The lowest BCUT2D eigenvalue weighted by atomic mass is 10.2. The highest BCUT2D eigenvalue weighted by atomic mass is 127. The number of nitrogens with zero attached hydrogens (tertiary/aromatic N) is 1. The first-order valence-corrected chi connectivity index (χ1v) is 6.55. The minimum atomic E-state index is -0.0161. The lowest BCUT2D eigenvalue weighted by Gasteiger charge is -2.31. The van der Waals surface area contributed by atoms with E-state index < -0.39 is 0 Å². The topological polar surface area (TPSA) is 32.7 Å². The summed E-state index contributed by atoms with van der Waals surface area (Å²) in [7, 11) is 0. The lowest BCUT2D eigenvalue weighted by molar-refractivity contribution is -0.0551. The molecule has 1 aromatic carbocycles. The summed E-state index contributed by atoms with van der Waals surface area (Å²) < 4.78 is 6.68. The van der Waals surface area contributed by atoms with Gasteiger partial charge in [0.15, 0.2) is 0 Å². The number of benzene rings is 1. The Hall–Kier alpha value is -0.170. The standard InChI is InChI=1S/C12H16INO2/c13-11-3-1-10(2-4-11)7-14-5-6-16-12(8-14)9-15/h1-4,12,15H,5-9H2. The second-order valence-electron chi connectivity index (χ2n) is 4.04. The zero-order valence-electron chi connectivity index (χ0n) is 9.10. The fourth-order valence-electron chi connectivity index (χ4n) is 1.88. The maximum absolute atomic E-state index is 9.06. The molecule has 0 aromatic heterocycles. The minimum absolute atomic E-state index is 0.0161. The molecule has 0 bridgehead atoms. The maximum Gasteiger partial charge on any atom is 0.0933 e. The molecule has 1 atom stereocenters. The molecule has 0 saturated carbocycles. The summed E-state index contributed by atoms with van der Waals surface area (Å²) in [6, 6.07) is 8.57. The molecule has 1 saturated heterocycles. The predicted molar refractivity (Wildman–Crippen MR) is 71.3 cm³/mol. The normalized spacial score (nSPS) is 22.2. The zero-order chi connectivity index (χ0) is 11.4. The molecule has 1 aliphatic rings. The molecule has 0 radical (unpaired) electrons. The third-order valence-electron chi connectivity index (χ3n) is 2.75. The van der Waals surface area contributed by atoms with Gasteiger partial charge in [0.05, 0.1) is 19.3 Å². The van der Waals surface area contributed by atoms with E-state index in [0.717, 1.165) is 26.2 Å². The van der Waals surface area contributed by atoms with Crippen molar-refractivity contribution in [2.24, 2.45) is 0 Å². The van der Waals surface area contributed by atoms with Crippen molar-refractivity contribution in [3.8, 4) is 0 Å². The van der Waals surface area contributed by atoms with Gasteiger partial charge in [0.1, 0.15) is 0 Å². The van der Waals surface area contributed by atoms with Crippen molar-refractivity contribution in [3.63, 3.8) is 0 Å². The first kappa shape index (κ1) is 12.3. The van der Waals surface area contributed by atoms with Crippen LogP contribution in [0.15, 0.2) is 24.3 Å². The number of rotatable bonds is 3. The summed E-state index contributed by atoms with van der Waals surface area (Å²) in [5.41, 5.74) is 1.32. The van der Waals surface area contributed by atoms with Crippen LogP contribution in [0.2, 0.25) is 0 Å². The van der Waals surface area contributed by atoms with Crippen molar-refractivity contribution in [2.75, 3.05) is 26.3 Å². The molecular formula is C12H16INO2. The molecule has 3 nitrogen and oxygen atoms in total. The van der Waals surface area contributed by atoms with Crippen molar-refractivity contribution in [1.29, 1.82) is 0 Å². The maximum atomic E-state index is 9.06. The van der Waals surface area contributed by atoms with E-state index in [9.17, 15) is 0 Å². The van der Waals surface area contributed by atoms with Crippen LogP contribution >= 0.6 is 22.6 Å². The van der Waals surface area contributed by atoms with Crippen LogP contribution in [0.4, 0.5) is 0 Å². The average Bonchev–Trinajstić information content (AvgIpc) is 2.32. The Morgan fingerprint density at radius 2 is 2.12 bits per heavy atom. The Morgan fingerprint density at radius 3 is 2.81 bits per heavy atom. The molecule has 1 fully saturated rings. The van der Waals surface area contributed by atoms with Gasteiger partial charge < -0.3 is 9.84 Å². The van der Waals surface area contributed by atoms with E-state index in [2.05, 4.69) is 51.8 Å². The second-order valence-corrected chi connectivity index (χ2v) is 5.28. The molecule has 1 heterocycles. The Bertz CT molecular complexity index is 328. The Kier molecular flexibility index (Phi) is 4.57. The van der Waals surface area contributed by atoms with Crippen LogP contribution in [-0.4, -0.2) is 42.4 Å². The van der Waals surface area contributed by atoms with Gasteiger partial charge in [-0.1, -0.05) is 12.1 Å². The monoisotopic (exact) mass is 333 g/mol. The fraction of sp³-hybridized carbons (Fsp3) is 0.500. The van der Waals surface area contributed by atoms with Crippen LogP contribution in [0, 0.1) is 3.57 Å². The Labute approximate surface area is 110 Å². The van der Waals surface area contributed by atoms with Gasteiger partial charge in [0, 0.05) is 23.2 Å². The minimum Gasteiger partial charge on any atom is -0.394 e. The Morgan fingerprint density at radius 1 is 1.38 bits per heavy atom. The van der Waals surface area contributed by atoms with Gasteiger partial charge in [-0.3, -0.25) is 4.90 Å². The number of hydrogen-bond donors (Lipinski definition) is 1. The lowest BCUT2D eigenvalue weighted by Crippen LogP contribution is -2.43. The summed E-state index contributed by atoms with van der Waals surface area (Å²) in [5, 5.41) is 9.06. The summed E-state index contributed by atoms with van der Waals surface area (Å²) in [6.45, 7) is 3.54. The highest BCUT2D eigenvalue weighted by Crippen LogP contribution is 2.12. The van der Waals surface area contributed by atoms with Crippen LogP contribution in [0.3, 0.4) is 0 Å². The predicted octanol–water partition coefficient (Wildman–Crippen LogP) is 1.48. The quantitative estimate of drug-likeness (QED) is 0.851. The highest BCUT2D eigenvalue weighted by Gasteiger charge is 2.19. The van der Waals surface area contributed by atoms with E-state index in [4.69, 9.17) is 9.84 Å². The molecule has 1 aliphatic heterocycles. The van der Waals surface area contributed by atoms with Gasteiger partial charge in [-0.15, -0.1) is 0 Å². The molecule has 16 heavy (non-hydrogen) atoms. The highest BCUT2D eigenvalue weighted by molar-refractivity contribution is 14.1. The summed E-state index contributed by atoms with van der Waals surface area (Å²) in [4.78, 5) is 2.33. The van der Waals surface area contributed by atoms with Gasteiger partial charge in [-0.25, -0.2) is 0 Å². The molecule has 1 N–H and O–H groups in total. The van der Waals surface area contributed by atoms with E-state index in [1.54, 1.807) is 0 Å². The fourth-order valence-corrected chi connectivity index (χ4v) is 2.24. The number of ether oxygens (including phenoxy) is 1. The molecule has 0 amide bonds. The summed E-state index contributed by atoms with van der Waals surface area (Å²) >= 11 is 2.31. The largest absolute Gasteiger partial charge is 0.394 e. The molecule has 0 spiro atoms. The van der Waals surface area contributed by atoms with E-state index in [1.165, 1.54) is 9.13 Å². The molecule has 1 aromatic rings. The van der Waals surface area contributed by atoms with E-state index in [1.807, 2.05) is 0 Å². The van der Waals surface area contributed by atoms with Crippen molar-refractivity contribution < 1.29 is 9.84 Å². The zero-order valence-corrected chi connectivity index (χ0v) is 11.3. The number of morpholine rings is 1. The van der Waals surface area contributed by atoms with Crippen molar-refractivity contribution in [2.45, 2.75) is 12.6 Å². The van der Waals surface area contributed by atoms with Gasteiger partial charge in [-0.05, 0) is 40.3 Å². The van der Waals surface area contributed by atoms with Gasteiger partial charge in [0.25, 0.3) is 0 Å². The summed E-state index contributed by atoms with van der Waals surface area (Å²) in [5.74, 6) is 0. The van der Waals surface area contributed by atoms with Crippen LogP contribution in [0.5, 0.6) is 0 Å². The van der Waals surface area contributed by atoms with Crippen LogP contribution in [0.1, 0.15) is 5.56 Å². The summed E-state index contributed by atoms with van der Waals surface area (Å²) in [6.07, 6.45) is -0.0161. The molecule has 2 rings (SSSR count). The van der Waals surface area contributed by atoms with Crippen molar-refractivity contribution >= 4 is 22.6 Å². The van der Waals surface area contributed by atoms with Gasteiger partial charge in [0.2, 0.25) is 0 Å². The second kappa shape index (κ2) is 5.95. The smallest absolute Gasteiger partial charge is 0.0933 e. The molecule has 4 heteroatoms. The molecular weight excluding hydrogens is 317 g/mol. The van der Waals surface area contributed by atoms with E-state index in [-0.39, 0.29) is 12.7 Å². The van der Waals surface area contributed by atoms with Crippen LogP contribution < -0.4 is 0 Å². The molecule has 1 unspecified atom stereocenters. The van der Waals surface area contributed by atoms with Gasteiger partial charge >= 0.3 is 0 Å². The number of aliphatic hydroxyl groups is 1. The third kappa shape index (κ3) is 3.41. The van der Waals surface area contributed by atoms with E-state index >= 15 is 0 Å². The van der Waals surface area contributed by atoms with Crippen molar-refractivity contribution in [3.05, 3.63) is 33.4 Å². The number of hydrogen-bond acceptors (Lipinski definition) is 3. The van der Waals surface area contributed by atoms with Gasteiger partial charge in [-0.2, -0.15) is 0 Å². The number of aliphatic hydroxyl groups excluding tert-OH is 1. The van der Waals surface area contributed by atoms with E-state index in [0.29, 0.717) is 0 Å². The average molecular weight is 333 g/mol. The number of halogens is 1. The molecule has 88 valence electrons. The van der Waals surface area contributed by atoms with Crippen molar-refractivity contribution in [1.82, 2.24) is 4.90 Å². The molecule has 0 aliphatic carbocycles. The third-order valence-corrected chi connectivity index (χ3v) is 3.47. The Balaban J connectivity index is 1.91. The van der Waals surface area contributed by atoms with Crippen LogP contribution in [-0.2, 0) is 11.3 Å². The first-order chi connectivity index (χ1) is 7.78. The SMILES string of the molecule is OCC1CN(Cc2ccc(I)cc2)CCO1.